The summed E-state index contributed by atoms with van der Waals surface area (Å²) in [6.45, 7) is -11.0. The number of rotatable bonds is 2. The van der Waals surface area contributed by atoms with Crippen LogP contribution < -0.4 is 17.0 Å². The molecule has 252 valence electrons. The third-order valence-electron chi connectivity index (χ3n) is 8.09. The van der Waals surface area contributed by atoms with Crippen LogP contribution in [0.25, 0.3) is 22.3 Å². The van der Waals surface area contributed by atoms with Crippen molar-refractivity contribution in [1.82, 2.24) is 39.0 Å². The van der Waals surface area contributed by atoms with Gasteiger partial charge in [-0.25, -0.2) is 33.3 Å². The maximum absolute atomic E-state index is 16.0. The summed E-state index contributed by atoms with van der Waals surface area (Å²) in [7, 11) is 0. The van der Waals surface area contributed by atoms with Gasteiger partial charge in [-0.05, 0) is 11.8 Å². The average molecular weight is 739 g/mol. The lowest BCUT2D eigenvalue weighted by Gasteiger charge is -2.33. The number of H-pyrrole nitrogens is 1. The molecule has 6 N–H and O–H groups in total. The predicted molar refractivity (Wildman–Crippen MR) is 158 cm³/mol. The van der Waals surface area contributed by atoms with E-state index in [9.17, 15) is 14.3 Å². The van der Waals surface area contributed by atoms with Gasteiger partial charge in [0.25, 0.3) is 5.56 Å². The molecule has 4 aliphatic rings. The molecule has 26 heteroatoms. The molecule has 0 saturated carbocycles. The zero-order valence-electron chi connectivity index (χ0n) is 23.2. The maximum atomic E-state index is 16.0. The van der Waals surface area contributed by atoms with Gasteiger partial charge in [0.1, 0.15) is 29.7 Å². The van der Waals surface area contributed by atoms with Gasteiger partial charge in [0.2, 0.25) is 5.95 Å². The molecule has 2 unspecified atom stereocenters. The Morgan fingerprint density at radius 2 is 1.79 bits per heavy atom. The van der Waals surface area contributed by atoms with E-state index in [0.717, 1.165) is 10.9 Å². The number of nitrogens with zero attached hydrogens (tertiary/aromatic N) is 7. The number of alkyl halides is 2. The zero-order valence-corrected chi connectivity index (χ0v) is 26.7. The molecule has 8 rings (SSSR count). The lowest BCUT2D eigenvalue weighted by Crippen LogP contribution is -2.45. The highest BCUT2D eigenvalue weighted by Gasteiger charge is 2.67. The smallest absolute Gasteiger partial charge is 0.382 e. The van der Waals surface area contributed by atoms with Crippen molar-refractivity contribution < 1.29 is 50.5 Å². The molecular weight excluding hydrogens is 716 g/mol. The van der Waals surface area contributed by atoms with E-state index in [4.69, 9.17) is 55.6 Å². The van der Waals surface area contributed by atoms with Crippen LogP contribution in [-0.4, -0.2) is 99.7 Å². The second kappa shape index (κ2) is 10.6. The summed E-state index contributed by atoms with van der Waals surface area (Å²) in [5.41, 5.74) is 9.24. The third-order valence-corrected chi connectivity index (χ3v) is 11.2. The Labute approximate surface area is 270 Å². The maximum Gasteiger partial charge on any atom is 0.386 e. The van der Waals surface area contributed by atoms with Crippen LogP contribution in [-0.2, 0) is 48.7 Å². The lowest BCUT2D eigenvalue weighted by atomic mass is 10.0. The number of hydrogen-bond donors (Lipinski definition) is 5. The monoisotopic (exact) mass is 738 g/mol. The molecule has 8 heterocycles. The average Bonchev–Trinajstić information content (AvgIpc) is 3.79. The van der Waals surface area contributed by atoms with Gasteiger partial charge in [-0.3, -0.25) is 32.5 Å². The number of fused-ring (bicyclic) bond motifs is 4. The molecule has 4 fully saturated rings. The second-order valence-corrected chi connectivity index (χ2v) is 16.6. The number of anilines is 2. The van der Waals surface area contributed by atoms with E-state index < -0.39 is 80.7 Å². The number of aromatic amines is 1. The molecule has 4 aromatic heterocycles. The van der Waals surface area contributed by atoms with Gasteiger partial charge in [-0.2, -0.15) is 4.98 Å². The summed E-state index contributed by atoms with van der Waals surface area (Å²) in [5, 5.41) is 0. The van der Waals surface area contributed by atoms with E-state index in [2.05, 4.69) is 42.2 Å². The summed E-state index contributed by atoms with van der Waals surface area (Å²) in [6.07, 6.45) is -6.08. The van der Waals surface area contributed by atoms with Crippen LogP contribution in [0.1, 0.15) is 12.5 Å². The van der Waals surface area contributed by atoms with Crippen LogP contribution in [0, 0.1) is 0 Å². The number of aromatic nitrogens is 8. The number of imidazole rings is 2. The molecule has 4 aromatic rings. The first kappa shape index (κ1) is 31.5. The van der Waals surface area contributed by atoms with Crippen LogP contribution in [0.15, 0.2) is 23.8 Å². The van der Waals surface area contributed by atoms with Gasteiger partial charge in [0.15, 0.2) is 47.3 Å². The topological polar surface area (TPSA) is 261 Å². The van der Waals surface area contributed by atoms with Crippen LogP contribution in [0.2, 0.25) is 0 Å². The quantitative estimate of drug-likeness (QED) is 0.138. The Bertz CT molecular complexity index is 2090. The Balaban J connectivity index is 1.16. The summed E-state index contributed by atoms with van der Waals surface area (Å²) in [5.74, 6) is -4.22. The fourth-order valence-electron chi connectivity index (χ4n) is 5.95. The van der Waals surface area contributed by atoms with Crippen LogP contribution in [0.3, 0.4) is 0 Å². The van der Waals surface area contributed by atoms with E-state index in [1.807, 2.05) is 0 Å². The lowest BCUT2D eigenvalue weighted by molar-refractivity contribution is -0.183. The second-order valence-electron chi connectivity index (χ2n) is 11.0. The van der Waals surface area contributed by atoms with Gasteiger partial charge < -0.3 is 35.1 Å². The van der Waals surface area contributed by atoms with Crippen LogP contribution in [0.4, 0.5) is 20.5 Å². The first-order valence-corrected chi connectivity index (χ1v) is 18.8. The minimum atomic E-state index is -4.72. The Morgan fingerprint density at radius 1 is 1.04 bits per heavy atom. The first-order valence-electron chi connectivity index (χ1n) is 13.5. The van der Waals surface area contributed by atoms with Gasteiger partial charge in [-0.15, -0.1) is 0 Å². The van der Waals surface area contributed by atoms with Crippen molar-refractivity contribution in [3.05, 3.63) is 29.3 Å². The molecule has 0 aliphatic carbocycles. The van der Waals surface area contributed by atoms with Crippen LogP contribution in [0.5, 0.6) is 0 Å². The van der Waals surface area contributed by atoms with Crippen molar-refractivity contribution in [2.75, 3.05) is 31.3 Å². The number of thiol groups is 1. The highest BCUT2D eigenvalue weighted by atomic mass is 32.7. The van der Waals surface area contributed by atoms with Crippen molar-refractivity contribution in [2.45, 2.75) is 48.4 Å². The zero-order chi connectivity index (χ0) is 33.1. The highest BCUT2D eigenvalue weighted by molar-refractivity contribution is 8.44. The third kappa shape index (κ3) is 5.01. The fraction of sp³-hybridized carbons (Fsp3) is 0.524. The number of hydrogen-bond acceptors (Lipinski definition) is 17. The SMILES string of the molecule is Nc1nc2c(ncn2[C@@H]2O[C@@H]3COP(O)(=S)O[C@H]4[C@H]5OC[C@]4(COP(=O)(S)O[C@@H]2C3(F)F)O[C@H]5n2cnc3c(N)ncnc32)c(=O)[nH]1. The molecule has 0 spiro atoms. The molecular formula is C21H22F2N10O10P2S2. The van der Waals surface area contributed by atoms with Gasteiger partial charge in [0, 0.05) is 0 Å². The van der Waals surface area contributed by atoms with Crippen molar-refractivity contribution in [3.8, 4) is 0 Å². The summed E-state index contributed by atoms with van der Waals surface area (Å²) in [6, 6.07) is 0. The van der Waals surface area contributed by atoms with Gasteiger partial charge >= 0.3 is 19.4 Å². The number of nitrogens with one attached hydrogen (secondary N) is 1. The van der Waals surface area contributed by atoms with Gasteiger partial charge in [-0.1, -0.05) is 12.2 Å². The molecule has 0 aromatic carbocycles. The van der Waals surface area contributed by atoms with E-state index >= 15 is 8.78 Å². The number of nitrogen functional groups attached to an aromatic ring is 2. The van der Waals surface area contributed by atoms with Gasteiger partial charge in [0.05, 0.1) is 32.5 Å². The molecule has 4 aliphatic heterocycles. The molecule has 0 amide bonds. The summed E-state index contributed by atoms with van der Waals surface area (Å²) >= 11 is 9.20. The molecule has 9 atom stereocenters. The number of halogens is 2. The number of nitrogens with two attached hydrogens (primary N) is 2. The first-order chi connectivity index (χ1) is 22.2. The largest absolute Gasteiger partial charge is 0.386 e. The van der Waals surface area contributed by atoms with Crippen molar-refractivity contribution in [3.63, 3.8) is 0 Å². The Hall–Kier alpha value is -2.73. The minimum absolute atomic E-state index is 0.104. The molecule has 4 saturated heterocycles. The Kier molecular flexibility index (Phi) is 7.13. The molecule has 47 heavy (non-hydrogen) atoms. The highest BCUT2D eigenvalue weighted by Crippen LogP contribution is 2.62. The van der Waals surface area contributed by atoms with Crippen molar-refractivity contribution in [2.24, 2.45) is 0 Å². The van der Waals surface area contributed by atoms with Crippen molar-refractivity contribution >= 4 is 71.7 Å². The standard InChI is InChI=1S/C21H22F2N10O10P2S2/c22-21(23)7-1-38-44(35,46)42-11-10-17(32-5-28-8-13(24)26-4-27-14(8)32)41-20(11,2-37-10)3-39-45(36,47)43-12(21)18(40-7)33-6-29-9-15(33)30-19(25)31-16(9)34/h4-7,10-12,17-18H,1-3H2,(H,35,46)(H,36,47)(H2,24,26,27)(H3,25,30,31,34)/t7-,10-,11+,12+,17-,18-,20-,44?,45?/m1/s1. The predicted octanol–water partition coefficient (Wildman–Crippen LogP) is 0.395. The van der Waals surface area contributed by atoms with E-state index in [1.54, 1.807) is 0 Å². The van der Waals surface area contributed by atoms with E-state index in [1.165, 1.54) is 17.2 Å². The van der Waals surface area contributed by atoms with E-state index in [0.29, 0.717) is 0 Å². The fourth-order valence-corrected chi connectivity index (χ4v) is 8.85. The van der Waals surface area contributed by atoms with Crippen LogP contribution >= 0.6 is 25.8 Å². The Morgan fingerprint density at radius 3 is 2.57 bits per heavy atom. The van der Waals surface area contributed by atoms with Crippen molar-refractivity contribution in [1.29, 1.82) is 0 Å². The summed E-state index contributed by atoms with van der Waals surface area (Å²) in [4.78, 5) is 45.9. The molecule has 0 radical (unpaired) electrons. The molecule has 20 nitrogen and oxygen atoms in total. The molecule has 4 bridgehead atoms. The summed E-state index contributed by atoms with van der Waals surface area (Å²) < 4.78 is 88.1. The minimum Gasteiger partial charge on any atom is -0.382 e. The van der Waals surface area contributed by atoms with E-state index in [-0.39, 0.29) is 40.7 Å². The number of ether oxygens (including phenoxy) is 3. The normalized spacial score (nSPS) is 38.6.